The van der Waals surface area contributed by atoms with Crippen LogP contribution in [0, 0.1) is 0 Å². The van der Waals surface area contributed by atoms with Gasteiger partial charge in [-0.05, 0) is 55.4 Å². The molecular weight excluding hydrogens is 256 g/mol. The molecule has 2 heteroatoms. The number of thioether (sulfide) groups is 2. The van der Waals surface area contributed by atoms with Gasteiger partial charge in [-0.1, -0.05) is 45.8 Å². The zero-order valence-corrected chi connectivity index (χ0v) is 14.4. The summed E-state index contributed by atoms with van der Waals surface area (Å²) in [5.74, 6) is 0. The molecule has 0 aromatic carbocycles. The first-order chi connectivity index (χ1) is 8.25. The maximum Gasteiger partial charge on any atom is 0.0248 e. The van der Waals surface area contributed by atoms with Crippen LogP contribution >= 0.6 is 23.5 Å². The Kier molecular flexibility index (Phi) is 5.42. The average molecular weight is 281 g/mol. The van der Waals surface area contributed by atoms with Gasteiger partial charge >= 0.3 is 0 Å². The van der Waals surface area contributed by atoms with Crippen molar-refractivity contribution in [3.8, 4) is 0 Å². The first-order valence-corrected chi connectivity index (χ1v) is 7.95. The second-order valence-electron chi connectivity index (χ2n) is 5.52. The highest BCUT2D eigenvalue weighted by molar-refractivity contribution is 8.16. The van der Waals surface area contributed by atoms with Crippen LogP contribution in [-0.4, -0.2) is 0 Å². The van der Waals surface area contributed by atoms with Crippen LogP contribution in [0.5, 0.6) is 0 Å². The van der Waals surface area contributed by atoms with Gasteiger partial charge in [0, 0.05) is 19.6 Å². The molecule has 0 unspecified atom stereocenters. The SMILES string of the molecule is CC(C)=C1SC(=C(C)C)C(=C(C)C)SC1=C(C)C. The Balaban J connectivity index is 3.46. The Bertz CT molecular complexity index is 379. The van der Waals surface area contributed by atoms with E-state index in [-0.39, 0.29) is 0 Å². The van der Waals surface area contributed by atoms with E-state index in [1.165, 1.54) is 41.9 Å². The Hall–Kier alpha value is -0.340. The third kappa shape index (κ3) is 3.36. The van der Waals surface area contributed by atoms with Gasteiger partial charge in [0.15, 0.2) is 0 Å². The van der Waals surface area contributed by atoms with E-state index in [2.05, 4.69) is 55.4 Å². The van der Waals surface area contributed by atoms with Crippen LogP contribution < -0.4 is 0 Å². The predicted octanol–water partition coefficient (Wildman–Crippen LogP) is 6.64. The summed E-state index contributed by atoms with van der Waals surface area (Å²) >= 11 is 3.89. The van der Waals surface area contributed by atoms with E-state index < -0.39 is 0 Å². The standard InChI is InChI=1S/C16H24S2/c1-9(2)13-14(10(3)4)18-16(12(7)8)15(17-13)11(5)6/h1-8H3. The summed E-state index contributed by atoms with van der Waals surface area (Å²) in [6.07, 6.45) is 0. The summed E-state index contributed by atoms with van der Waals surface area (Å²) in [4.78, 5) is 5.78. The van der Waals surface area contributed by atoms with Gasteiger partial charge < -0.3 is 0 Å². The van der Waals surface area contributed by atoms with Gasteiger partial charge in [0.1, 0.15) is 0 Å². The minimum absolute atomic E-state index is 1.41. The first-order valence-electron chi connectivity index (χ1n) is 6.32. The van der Waals surface area contributed by atoms with E-state index in [0.29, 0.717) is 0 Å². The summed E-state index contributed by atoms with van der Waals surface area (Å²) < 4.78 is 0. The minimum atomic E-state index is 1.41. The first kappa shape index (κ1) is 15.7. The van der Waals surface area contributed by atoms with Gasteiger partial charge in [0.25, 0.3) is 0 Å². The summed E-state index contributed by atoms with van der Waals surface area (Å²) in [5.41, 5.74) is 5.65. The van der Waals surface area contributed by atoms with Crippen LogP contribution in [0.3, 0.4) is 0 Å². The molecule has 0 radical (unpaired) electrons. The van der Waals surface area contributed by atoms with E-state index in [0.717, 1.165) is 0 Å². The molecule has 0 spiro atoms. The highest BCUT2D eigenvalue weighted by Gasteiger charge is 2.25. The molecule has 0 nitrogen and oxygen atoms in total. The lowest BCUT2D eigenvalue weighted by atomic mass is 10.2. The zero-order valence-electron chi connectivity index (χ0n) is 12.8. The van der Waals surface area contributed by atoms with Crippen molar-refractivity contribution in [2.75, 3.05) is 0 Å². The van der Waals surface area contributed by atoms with Gasteiger partial charge in [-0.15, -0.1) is 0 Å². The topological polar surface area (TPSA) is 0 Å². The maximum absolute atomic E-state index is 2.21. The van der Waals surface area contributed by atoms with Crippen molar-refractivity contribution in [3.63, 3.8) is 0 Å². The van der Waals surface area contributed by atoms with Crippen LogP contribution in [0.2, 0.25) is 0 Å². The number of allylic oxidation sites excluding steroid dienone is 4. The number of hydrogen-bond donors (Lipinski definition) is 0. The van der Waals surface area contributed by atoms with E-state index >= 15 is 0 Å². The lowest BCUT2D eigenvalue weighted by molar-refractivity contribution is 1.30. The summed E-state index contributed by atoms with van der Waals surface area (Å²) in [6, 6.07) is 0. The average Bonchev–Trinajstić information content (AvgIpc) is 2.26. The quantitative estimate of drug-likeness (QED) is 0.487. The largest absolute Gasteiger partial charge is 0.0879 e. The molecule has 0 bridgehead atoms. The van der Waals surface area contributed by atoms with Crippen LogP contribution in [0.1, 0.15) is 55.4 Å². The van der Waals surface area contributed by atoms with Gasteiger partial charge in [0.05, 0.1) is 0 Å². The van der Waals surface area contributed by atoms with E-state index in [1.54, 1.807) is 0 Å². The van der Waals surface area contributed by atoms with E-state index in [9.17, 15) is 0 Å². The fraction of sp³-hybridized carbons (Fsp3) is 0.500. The number of hydrogen-bond acceptors (Lipinski definition) is 2. The van der Waals surface area contributed by atoms with E-state index in [1.807, 2.05) is 23.5 Å². The molecule has 0 aromatic rings. The fourth-order valence-corrected chi connectivity index (χ4v) is 4.62. The van der Waals surface area contributed by atoms with Crippen LogP contribution in [0.15, 0.2) is 41.9 Å². The van der Waals surface area contributed by atoms with Gasteiger partial charge in [-0.2, -0.15) is 0 Å². The van der Waals surface area contributed by atoms with Crippen molar-refractivity contribution in [3.05, 3.63) is 41.9 Å². The van der Waals surface area contributed by atoms with Crippen molar-refractivity contribution in [2.24, 2.45) is 0 Å². The lowest BCUT2D eigenvalue weighted by Gasteiger charge is -2.27. The Morgan fingerprint density at radius 1 is 0.444 bits per heavy atom. The second kappa shape index (κ2) is 6.21. The molecule has 1 rings (SSSR count). The molecule has 1 heterocycles. The molecule has 1 aliphatic rings. The zero-order chi connectivity index (χ0) is 14.0. The Labute approximate surface area is 121 Å². The Morgan fingerprint density at radius 3 is 0.722 bits per heavy atom. The van der Waals surface area contributed by atoms with Crippen molar-refractivity contribution in [2.45, 2.75) is 55.4 Å². The van der Waals surface area contributed by atoms with Gasteiger partial charge in [0.2, 0.25) is 0 Å². The van der Waals surface area contributed by atoms with Crippen LogP contribution in [0.4, 0.5) is 0 Å². The molecule has 1 aliphatic heterocycles. The molecule has 0 N–H and O–H groups in total. The van der Waals surface area contributed by atoms with Crippen LogP contribution in [-0.2, 0) is 0 Å². The highest BCUT2D eigenvalue weighted by Crippen LogP contribution is 2.55. The molecule has 1 saturated heterocycles. The molecule has 0 atom stereocenters. The molecule has 18 heavy (non-hydrogen) atoms. The third-order valence-corrected chi connectivity index (χ3v) is 6.16. The molecule has 0 saturated carbocycles. The Morgan fingerprint density at radius 2 is 0.611 bits per heavy atom. The van der Waals surface area contributed by atoms with E-state index in [4.69, 9.17) is 0 Å². The monoisotopic (exact) mass is 280 g/mol. The third-order valence-electron chi connectivity index (χ3n) is 2.64. The van der Waals surface area contributed by atoms with Crippen molar-refractivity contribution in [1.29, 1.82) is 0 Å². The molecule has 0 amide bonds. The smallest absolute Gasteiger partial charge is 0.0248 e. The fourth-order valence-electron chi connectivity index (χ4n) is 1.71. The molecular formula is C16H24S2. The molecule has 1 fully saturated rings. The summed E-state index contributed by atoms with van der Waals surface area (Å²) in [7, 11) is 0. The molecule has 100 valence electrons. The van der Waals surface area contributed by atoms with Gasteiger partial charge in [-0.3, -0.25) is 0 Å². The molecule has 0 aliphatic carbocycles. The lowest BCUT2D eigenvalue weighted by Crippen LogP contribution is -2.00. The van der Waals surface area contributed by atoms with Crippen molar-refractivity contribution in [1.82, 2.24) is 0 Å². The molecule has 0 aromatic heterocycles. The highest BCUT2D eigenvalue weighted by atomic mass is 32.2. The van der Waals surface area contributed by atoms with Gasteiger partial charge in [-0.25, -0.2) is 0 Å². The summed E-state index contributed by atoms with van der Waals surface area (Å²) in [6.45, 7) is 17.7. The minimum Gasteiger partial charge on any atom is -0.0879 e. The normalized spacial score (nSPS) is 16.0. The number of rotatable bonds is 0. The predicted molar refractivity (Wildman–Crippen MR) is 88.7 cm³/mol. The van der Waals surface area contributed by atoms with Crippen molar-refractivity contribution >= 4 is 23.5 Å². The van der Waals surface area contributed by atoms with Crippen LogP contribution in [0.25, 0.3) is 0 Å². The van der Waals surface area contributed by atoms with Crippen molar-refractivity contribution < 1.29 is 0 Å². The second-order valence-corrected chi connectivity index (χ2v) is 7.56. The maximum atomic E-state index is 2.21. The summed E-state index contributed by atoms with van der Waals surface area (Å²) in [5, 5.41) is 0.